The number of furan rings is 1. The van der Waals surface area contributed by atoms with Crippen LogP contribution in [0.5, 0.6) is 0 Å². The Balaban J connectivity index is 1.79. The lowest BCUT2D eigenvalue weighted by Crippen LogP contribution is -2.34. The second kappa shape index (κ2) is 8.54. The average molecular weight is 436 g/mol. The minimum absolute atomic E-state index is 0.0301. The number of thioether (sulfide) groups is 1. The zero-order chi connectivity index (χ0) is 21.1. The second-order valence-electron chi connectivity index (χ2n) is 5.77. The van der Waals surface area contributed by atoms with Gasteiger partial charge < -0.3 is 14.3 Å². The highest BCUT2D eigenvalue weighted by Crippen LogP contribution is 2.33. The molecule has 29 heavy (non-hydrogen) atoms. The molecule has 150 valence electrons. The standard InChI is InChI=1S/C19H14ClNO7S/c1-2-27-16(22)9-21-17(23)15(29-19(21)26)8-11-4-6-14(28-11)10-3-5-12(18(24)25)13(20)7-10/h3-8H,2,9H2,1H3,(H,24,25)/b15-8-. The third-order valence-electron chi connectivity index (χ3n) is 3.85. The maximum atomic E-state index is 12.4. The monoisotopic (exact) mass is 435 g/mol. The molecule has 3 rings (SSSR count). The number of carboxylic acids is 1. The summed E-state index contributed by atoms with van der Waals surface area (Å²) in [5, 5.41) is 8.52. The number of rotatable bonds is 6. The summed E-state index contributed by atoms with van der Waals surface area (Å²) in [5.74, 6) is -1.71. The van der Waals surface area contributed by atoms with Gasteiger partial charge in [0, 0.05) is 11.6 Å². The first kappa shape index (κ1) is 20.7. The Hall–Kier alpha value is -3.04. The summed E-state index contributed by atoms with van der Waals surface area (Å²) < 4.78 is 10.4. The van der Waals surface area contributed by atoms with Crippen molar-refractivity contribution in [3.63, 3.8) is 0 Å². The molecular formula is C19H14ClNO7S. The van der Waals surface area contributed by atoms with Gasteiger partial charge in [-0.2, -0.15) is 0 Å². The van der Waals surface area contributed by atoms with Gasteiger partial charge in [-0.15, -0.1) is 0 Å². The Labute approximate surface area is 174 Å². The predicted octanol–water partition coefficient (Wildman–Crippen LogP) is 3.90. The summed E-state index contributed by atoms with van der Waals surface area (Å²) in [5.41, 5.74) is 0.521. The summed E-state index contributed by atoms with van der Waals surface area (Å²) in [6, 6.07) is 7.59. The molecule has 0 bridgehead atoms. The summed E-state index contributed by atoms with van der Waals surface area (Å²) in [7, 11) is 0. The molecule has 1 aromatic heterocycles. The smallest absolute Gasteiger partial charge is 0.337 e. The minimum atomic E-state index is -1.14. The number of nitrogens with zero attached hydrogens (tertiary/aromatic N) is 1. The Morgan fingerprint density at radius 1 is 1.28 bits per heavy atom. The molecule has 2 aromatic rings. The molecule has 1 fully saturated rings. The molecule has 0 aliphatic carbocycles. The van der Waals surface area contributed by atoms with Gasteiger partial charge >= 0.3 is 11.9 Å². The van der Waals surface area contributed by atoms with Crippen LogP contribution in [0.25, 0.3) is 17.4 Å². The van der Waals surface area contributed by atoms with Crippen molar-refractivity contribution < 1.29 is 33.4 Å². The van der Waals surface area contributed by atoms with Crippen molar-refractivity contribution in [1.82, 2.24) is 4.90 Å². The van der Waals surface area contributed by atoms with Crippen LogP contribution in [0, 0.1) is 0 Å². The van der Waals surface area contributed by atoms with Gasteiger partial charge in [0.15, 0.2) is 0 Å². The molecule has 1 saturated heterocycles. The number of amides is 2. The molecule has 0 saturated carbocycles. The van der Waals surface area contributed by atoms with Crippen molar-refractivity contribution in [2.24, 2.45) is 0 Å². The zero-order valence-electron chi connectivity index (χ0n) is 15.0. The molecule has 0 spiro atoms. The third-order valence-corrected chi connectivity index (χ3v) is 5.07. The van der Waals surface area contributed by atoms with Crippen LogP contribution in [0.4, 0.5) is 4.79 Å². The van der Waals surface area contributed by atoms with E-state index in [1.807, 2.05) is 0 Å². The number of benzene rings is 1. The van der Waals surface area contributed by atoms with Crippen LogP contribution < -0.4 is 0 Å². The predicted molar refractivity (Wildman–Crippen MR) is 105 cm³/mol. The van der Waals surface area contributed by atoms with E-state index in [9.17, 15) is 19.2 Å². The van der Waals surface area contributed by atoms with Gasteiger partial charge in [-0.3, -0.25) is 19.3 Å². The highest BCUT2D eigenvalue weighted by atomic mass is 35.5. The molecule has 2 heterocycles. The maximum Gasteiger partial charge on any atom is 0.337 e. The lowest BCUT2D eigenvalue weighted by Gasteiger charge is -2.10. The molecule has 0 atom stereocenters. The lowest BCUT2D eigenvalue weighted by molar-refractivity contribution is -0.145. The Kier molecular flexibility index (Phi) is 6.09. The van der Waals surface area contributed by atoms with Crippen LogP contribution in [0.15, 0.2) is 39.7 Å². The van der Waals surface area contributed by atoms with Crippen LogP contribution in [0.2, 0.25) is 5.02 Å². The van der Waals surface area contributed by atoms with E-state index < -0.39 is 29.6 Å². The molecule has 1 aliphatic rings. The fourth-order valence-corrected chi connectivity index (χ4v) is 3.61. The van der Waals surface area contributed by atoms with Gasteiger partial charge in [0.2, 0.25) is 0 Å². The van der Waals surface area contributed by atoms with E-state index in [1.165, 1.54) is 18.2 Å². The number of imide groups is 1. The van der Waals surface area contributed by atoms with Gasteiger partial charge in [0.05, 0.1) is 22.1 Å². The molecule has 0 unspecified atom stereocenters. The molecule has 1 N–H and O–H groups in total. The first-order chi connectivity index (χ1) is 13.8. The Bertz CT molecular complexity index is 1040. The van der Waals surface area contributed by atoms with E-state index in [2.05, 4.69) is 0 Å². The van der Waals surface area contributed by atoms with E-state index >= 15 is 0 Å². The largest absolute Gasteiger partial charge is 0.478 e. The van der Waals surface area contributed by atoms with Gasteiger partial charge in [-0.1, -0.05) is 17.7 Å². The van der Waals surface area contributed by atoms with Crippen molar-refractivity contribution in [1.29, 1.82) is 0 Å². The number of ether oxygens (including phenoxy) is 1. The SMILES string of the molecule is CCOC(=O)CN1C(=O)S/C(=C\c2ccc(-c3ccc(C(=O)O)c(Cl)c3)o2)C1=O. The number of esters is 1. The number of halogens is 1. The van der Waals surface area contributed by atoms with Crippen LogP contribution in [0.1, 0.15) is 23.0 Å². The van der Waals surface area contributed by atoms with E-state index in [0.29, 0.717) is 28.8 Å². The van der Waals surface area contributed by atoms with Crippen molar-refractivity contribution in [2.75, 3.05) is 13.2 Å². The number of carbonyl (C=O) groups is 4. The van der Waals surface area contributed by atoms with Gasteiger partial charge in [-0.05, 0) is 43.0 Å². The third kappa shape index (κ3) is 4.52. The zero-order valence-corrected chi connectivity index (χ0v) is 16.6. The highest BCUT2D eigenvalue weighted by Gasteiger charge is 2.36. The molecular weight excluding hydrogens is 422 g/mol. The van der Waals surface area contributed by atoms with Gasteiger partial charge in [-0.25, -0.2) is 4.79 Å². The van der Waals surface area contributed by atoms with Crippen molar-refractivity contribution >= 4 is 52.5 Å². The fourth-order valence-electron chi connectivity index (χ4n) is 2.53. The van der Waals surface area contributed by atoms with E-state index in [0.717, 1.165) is 4.90 Å². The van der Waals surface area contributed by atoms with Crippen molar-refractivity contribution in [2.45, 2.75) is 6.92 Å². The van der Waals surface area contributed by atoms with Crippen LogP contribution in [-0.4, -0.2) is 46.2 Å². The summed E-state index contributed by atoms with van der Waals surface area (Å²) >= 11 is 6.66. The quantitative estimate of drug-likeness (QED) is 0.536. The lowest BCUT2D eigenvalue weighted by atomic mass is 10.1. The van der Waals surface area contributed by atoms with Crippen LogP contribution in [0.3, 0.4) is 0 Å². The van der Waals surface area contributed by atoms with Gasteiger partial charge in [0.1, 0.15) is 18.1 Å². The second-order valence-corrected chi connectivity index (χ2v) is 7.18. The van der Waals surface area contributed by atoms with Crippen LogP contribution >= 0.6 is 23.4 Å². The molecule has 1 aliphatic heterocycles. The maximum absolute atomic E-state index is 12.4. The highest BCUT2D eigenvalue weighted by molar-refractivity contribution is 8.18. The summed E-state index contributed by atoms with van der Waals surface area (Å²) in [6.07, 6.45) is 1.40. The number of carboxylic acid groups (broad SMARTS) is 1. The number of aromatic carboxylic acids is 1. The average Bonchev–Trinajstić information content (AvgIpc) is 3.22. The summed E-state index contributed by atoms with van der Waals surface area (Å²) in [6.45, 7) is 1.33. The van der Waals surface area contributed by atoms with Crippen LogP contribution in [-0.2, 0) is 14.3 Å². The molecule has 1 aromatic carbocycles. The Morgan fingerprint density at radius 3 is 2.69 bits per heavy atom. The molecule has 8 nitrogen and oxygen atoms in total. The van der Waals surface area contributed by atoms with Crippen molar-refractivity contribution in [3.8, 4) is 11.3 Å². The normalized spacial score (nSPS) is 15.2. The van der Waals surface area contributed by atoms with E-state index in [1.54, 1.807) is 25.1 Å². The fraction of sp³-hybridized carbons (Fsp3) is 0.158. The summed E-state index contributed by atoms with van der Waals surface area (Å²) in [4.78, 5) is 47.9. The molecule has 10 heteroatoms. The number of hydrogen-bond donors (Lipinski definition) is 1. The first-order valence-electron chi connectivity index (χ1n) is 8.34. The molecule has 0 radical (unpaired) electrons. The van der Waals surface area contributed by atoms with E-state index in [4.69, 9.17) is 25.9 Å². The van der Waals surface area contributed by atoms with Crippen molar-refractivity contribution in [3.05, 3.63) is 51.6 Å². The van der Waals surface area contributed by atoms with Gasteiger partial charge in [0.25, 0.3) is 11.1 Å². The number of carbonyl (C=O) groups excluding carboxylic acids is 3. The number of hydrogen-bond acceptors (Lipinski definition) is 7. The van der Waals surface area contributed by atoms with E-state index in [-0.39, 0.29) is 22.1 Å². The topological polar surface area (TPSA) is 114 Å². The minimum Gasteiger partial charge on any atom is -0.478 e. The first-order valence-corrected chi connectivity index (χ1v) is 9.53. The molecule has 2 amide bonds. The Morgan fingerprint density at radius 2 is 2.03 bits per heavy atom.